The number of nitrogens with zero attached hydrogens (tertiary/aromatic N) is 1. The van der Waals surface area contributed by atoms with Crippen LogP contribution in [-0.4, -0.2) is 38.1 Å². The third kappa shape index (κ3) is 7.94. The minimum atomic E-state index is -0.146. The van der Waals surface area contributed by atoms with E-state index in [-0.39, 0.29) is 29.8 Å². The summed E-state index contributed by atoms with van der Waals surface area (Å²) in [5.74, 6) is 1.77. The lowest BCUT2D eigenvalue weighted by Gasteiger charge is -2.11. The largest absolute Gasteiger partial charge is 0.356 e. The zero-order chi connectivity index (χ0) is 13.9. The van der Waals surface area contributed by atoms with Gasteiger partial charge < -0.3 is 10.6 Å². The zero-order valence-corrected chi connectivity index (χ0v) is 15.1. The average molecular weight is 411 g/mol. The van der Waals surface area contributed by atoms with E-state index in [4.69, 9.17) is 0 Å². The highest BCUT2D eigenvalue weighted by Gasteiger charge is 2.01. The highest BCUT2D eigenvalue weighted by Crippen LogP contribution is 2.05. The molecule has 6 heteroatoms. The van der Waals surface area contributed by atoms with Gasteiger partial charge in [0.05, 0.1) is 0 Å². The van der Waals surface area contributed by atoms with Crippen LogP contribution in [-0.2, 0) is 6.42 Å². The molecule has 3 nitrogen and oxygen atoms in total. The van der Waals surface area contributed by atoms with E-state index in [1.165, 1.54) is 6.07 Å². The van der Waals surface area contributed by atoms with Crippen LogP contribution in [0.25, 0.3) is 0 Å². The molecule has 0 spiro atoms. The van der Waals surface area contributed by atoms with Gasteiger partial charge in [0.15, 0.2) is 5.96 Å². The number of rotatable bonds is 7. The molecule has 0 fully saturated rings. The molecule has 1 aromatic rings. The summed E-state index contributed by atoms with van der Waals surface area (Å²) in [7, 11) is 1.74. The van der Waals surface area contributed by atoms with Gasteiger partial charge in [0.1, 0.15) is 5.82 Å². The first-order chi connectivity index (χ1) is 9.27. The first-order valence-corrected chi connectivity index (χ1v) is 7.84. The van der Waals surface area contributed by atoms with E-state index in [1.54, 1.807) is 13.1 Å². The minimum Gasteiger partial charge on any atom is -0.356 e. The van der Waals surface area contributed by atoms with Crippen molar-refractivity contribution in [2.45, 2.75) is 12.8 Å². The van der Waals surface area contributed by atoms with Crippen molar-refractivity contribution in [3.8, 4) is 0 Å². The number of hydrogen-bond acceptors (Lipinski definition) is 2. The molecule has 0 atom stereocenters. The van der Waals surface area contributed by atoms with Gasteiger partial charge in [-0.05, 0) is 36.5 Å². The molecule has 0 saturated carbocycles. The number of aliphatic imine (C=N–C) groups is 1. The normalized spacial score (nSPS) is 10.8. The second-order valence-electron chi connectivity index (χ2n) is 4.11. The number of thioether (sulfide) groups is 1. The first-order valence-electron chi connectivity index (χ1n) is 6.44. The van der Waals surface area contributed by atoms with Gasteiger partial charge in [-0.2, -0.15) is 11.8 Å². The van der Waals surface area contributed by atoms with Gasteiger partial charge in [0, 0.05) is 20.1 Å². The van der Waals surface area contributed by atoms with Crippen LogP contribution in [0.5, 0.6) is 0 Å². The Kier molecular flexibility index (Phi) is 12.0. The highest BCUT2D eigenvalue weighted by molar-refractivity contribution is 14.0. The number of benzene rings is 1. The Morgan fingerprint density at radius 1 is 1.25 bits per heavy atom. The highest BCUT2D eigenvalue weighted by atomic mass is 127. The molecule has 0 unspecified atom stereocenters. The first kappa shape index (κ1) is 19.5. The predicted octanol–water partition coefficient (Wildman–Crippen LogP) is 2.90. The van der Waals surface area contributed by atoms with Crippen molar-refractivity contribution in [1.29, 1.82) is 0 Å². The van der Waals surface area contributed by atoms with Crippen molar-refractivity contribution < 1.29 is 4.39 Å². The Morgan fingerprint density at radius 2 is 1.95 bits per heavy atom. The van der Waals surface area contributed by atoms with E-state index in [1.807, 2.05) is 23.9 Å². The van der Waals surface area contributed by atoms with Crippen LogP contribution in [0.1, 0.15) is 12.0 Å². The van der Waals surface area contributed by atoms with Crippen molar-refractivity contribution in [2.24, 2.45) is 4.99 Å². The van der Waals surface area contributed by atoms with Crippen molar-refractivity contribution in [3.63, 3.8) is 0 Å². The van der Waals surface area contributed by atoms with Gasteiger partial charge >= 0.3 is 0 Å². The molecule has 0 radical (unpaired) electrons. The van der Waals surface area contributed by atoms with E-state index in [2.05, 4.69) is 21.9 Å². The van der Waals surface area contributed by atoms with E-state index < -0.39 is 0 Å². The lowest BCUT2D eigenvalue weighted by Crippen LogP contribution is -2.38. The molecule has 0 aromatic heterocycles. The summed E-state index contributed by atoms with van der Waals surface area (Å²) in [6, 6.07) is 6.86. The minimum absolute atomic E-state index is 0. The molecule has 0 amide bonds. The predicted molar refractivity (Wildman–Crippen MR) is 97.9 cm³/mol. The molecule has 1 aromatic carbocycles. The monoisotopic (exact) mass is 411 g/mol. The molecule has 0 heterocycles. The second kappa shape index (κ2) is 12.3. The van der Waals surface area contributed by atoms with E-state index in [9.17, 15) is 4.39 Å². The van der Waals surface area contributed by atoms with Gasteiger partial charge in [0.25, 0.3) is 0 Å². The summed E-state index contributed by atoms with van der Waals surface area (Å²) in [5, 5.41) is 6.42. The third-order valence-corrected chi connectivity index (χ3v) is 3.38. The van der Waals surface area contributed by atoms with Crippen molar-refractivity contribution in [2.75, 3.05) is 32.1 Å². The van der Waals surface area contributed by atoms with E-state index in [0.29, 0.717) is 13.0 Å². The number of hydrogen-bond donors (Lipinski definition) is 2. The molecule has 0 aliphatic heterocycles. The molecule has 20 heavy (non-hydrogen) atoms. The number of guanidine groups is 1. The summed E-state index contributed by atoms with van der Waals surface area (Å²) in [4.78, 5) is 4.13. The van der Waals surface area contributed by atoms with Crippen molar-refractivity contribution in [3.05, 3.63) is 35.6 Å². The summed E-state index contributed by atoms with van der Waals surface area (Å²) in [5.41, 5.74) is 0.729. The standard InChI is InChI=1S/C14H22FN3S.HI/c1-16-14(17-9-5-11-19-2)18-10-8-12-6-3-4-7-13(12)15;/h3-4,6-7H,5,8-11H2,1-2H3,(H2,16,17,18);1H. The maximum atomic E-state index is 13.4. The van der Waals surface area contributed by atoms with Crippen LogP contribution in [0, 0.1) is 5.82 Å². The van der Waals surface area contributed by atoms with Crippen molar-refractivity contribution in [1.82, 2.24) is 10.6 Å². The Morgan fingerprint density at radius 3 is 2.60 bits per heavy atom. The Hall–Kier alpha value is -0.500. The van der Waals surface area contributed by atoms with Crippen LogP contribution in [0.3, 0.4) is 0 Å². The van der Waals surface area contributed by atoms with E-state index in [0.717, 1.165) is 30.2 Å². The molecule has 0 aliphatic rings. The summed E-state index contributed by atoms with van der Waals surface area (Å²) in [6.07, 6.45) is 3.86. The van der Waals surface area contributed by atoms with Crippen LogP contribution in [0.15, 0.2) is 29.3 Å². The molecule has 2 N–H and O–H groups in total. The fourth-order valence-corrected chi connectivity index (χ4v) is 2.09. The lowest BCUT2D eigenvalue weighted by atomic mass is 10.1. The molecule has 0 aliphatic carbocycles. The van der Waals surface area contributed by atoms with Gasteiger partial charge in [-0.15, -0.1) is 24.0 Å². The SMILES string of the molecule is CN=C(NCCCSC)NCCc1ccccc1F.I. The van der Waals surface area contributed by atoms with Gasteiger partial charge in [-0.3, -0.25) is 4.99 Å². The summed E-state index contributed by atoms with van der Waals surface area (Å²) in [6.45, 7) is 1.57. The van der Waals surface area contributed by atoms with Crippen LogP contribution in [0.4, 0.5) is 4.39 Å². The topological polar surface area (TPSA) is 36.4 Å². The fourth-order valence-electron chi connectivity index (χ4n) is 1.66. The summed E-state index contributed by atoms with van der Waals surface area (Å²) >= 11 is 1.84. The van der Waals surface area contributed by atoms with Crippen molar-refractivity contribution >= 4 is 41.7 Å². The molecule has 1 rings (SSSR count). The number of nitrogens with one attached hydrogen (secondary N) is 2. The second-order valence-corrected chi connectivity index (χ2v) is 5.10. The average Bonchev–Trinajstić information content (AvgIpc) is 2.43. The summed E-state index contributed by atoms with van der Waals surface area (Å²) < 4.78 is 13.4. The number of halogens is 2. The Bertz CT molecular complexity index is 402. The maximum Gasteiger partial charge on any atom is 0.190 e. The molecular formula is C14H23FIN3S. The van der Waals surface area contributed by atoms with Crippen LogP contribution < -0.4 is 10.6 Å². The zero-order valence-electron chi connectivity index (χ0n) is 12.0. The molecule has 0 saturated heterocycles. The smallest absolute Gasteiger partial charge is 0.190 e. The fraction of sp³-hybridized carbons (Fsp3) is 0.500. The quantitative estimate of drug-likeness (QED) is 0.314. The van der Waals surface area contributed by atoms with Crippen LogP contribution >= 0.6 is 35.7 Å². The molecule has 0 bridgehead atoms. The van der Waals surface area contributed by atoms with E-state index >= 15 is 0 Å². The Balaban J connectivity index is 0.00000361. The van der Waals surface area contributed by atoms with Gasteiger partial charge in [-0.1, -0.05) is 18.2 Å². The van der Waals surface area contributed by atoms with Gasteiger partial charge in [-0.25, -0.2) is 4.39 Å². The molecular weight excluding hydrogens is 388 g/mol. The lowest BCUT2D eigenvalue weighted by molar-refractivity contribution is 0.606. The Labute approximate surface area is 142 Å². The third-order valence-electron chi connectivity index (χ3n) is 2.69. The van der Waals surface area contributed by atoms with Crippen LogP contribution in [0.2, 0.25) is 0 Å². The molecule has 114 valence electrons. The van der Waals surface area contributed by atoms with Gasteiger partial charge in [0.2, 0.25) is 0 Å². The maximum absolute atomic E-state index is 13.4.